The topological polar surface area (TPSA) is 76.7 Å². The molecule has 2 N–H and O–H groups in total. The minimum atomic E-state index is -0.375. The molecule has 0 saturated carbocycles. The SMILES string of the molecule is CC(C)(C)NC(=O)CCC1(Cc2ccc3c(c2)OCO3)CCC(=O)N1. The van der Waals surface area contributed by atoms with Gasteiger partial charge in [-0.05, 0) is 57.7 Å². The van der Waals surface area contributed by atoms with Gasteiger partial charge in [0.05, 0.1) is 0 Å². The molecule has 3 rings (SSSR count). The summed E-state index contributed by atoms with van der Waals surface area (Å²) in [4.78, 5) is 24.0. The Hall–Kier alpha value is -2.24. The first kappa shape index (κ1) is 17.6. The van der Waals surface area contributed by atoms with Crippen LogP contribution in [0.3, 0.4) is 0 Å². The van der Waals surface area contributed by atoms with E-state index in [1.54, 1.807) is 0 Å². The van der Waals surface area contributed by atoms with Crippen molar-refractivity contribution < 1.29 is 19.1 Å². The molecule has 0 radical (unpaired) electrons. The maximum atomic E-state index is 12.2. The second-order valence-corrected chi connectivity index (χ2v) is 7.99. The van der Waals surface area contributed by atoms with E-state index in [4.69, 9.17) is 9.47 Å². The minimum absolute atomic E-state index is 0.0127. The van der Waals surface area contributed by atoms with Gasteiger partial charge in [0.25, 0.3) is 0 Å². The number of amides is 2. The van der Waals surface area contributed by atoms with Gasteiger partial charge in [-0.1, -0.05) is 6.07 Å². The van der Waals surface area contributed by atoms with Gasteiger partial charge < -0.3 is 20.1 Å². The molecular formula is C19H26N2O4. The molecule has 0 aromatic heterocycles. The summed E-state index contributed by atoms with van der Waals surface area (Å²) in [5, 5.41) is 6.09. The quantitative estimate of drug-likeness (QED) is 0.858. The molecule has 1 saturated heterocycles. The molecule has 25 heavy (non-hydrogen) atoms. The first-order chi connectivity index (χ1) is 11.7. The van der Waals surface area contributed by atoms with Crippen LogP contribution >= 0.6 is 0 Å². The zero-order chi connectivity index (χ0) is 18.1. The zero-order valence-electron chi connectivity index (χ0n) is 15.1. The number of hydrogen-bond donors (Lipinski definition) is 2. The highest BCUT2D eigenvalue weighted by molar-refractivity contribution is 5.80. The number of benzene rings is 1. The van der Waals surface area contributed by atoms with Crippen LogP contribution in [0.4, 0.5) is 0 Å². The van der Waals surface area contributed by atoms with Crippen molar-refractivity contribution in [2.75, 3.05) is 6.79 Å². The molecule has 0 aliphatic carbocycles. The van der Waals surface area contributed by atoms with Gasteiger partial charge in [0.15, 0.2) is 11.5 Å². The van der Waals surface area contributed by atoms with E-state index < -0.39 is 0 Å². The largest absolute Gasteiger partial charge is 0.454 e. The molecule has 6 heteroatoms. The Kier molecular flexibility index (Phi) is 4.62. The average molecular weight is 346 g/mol. The third kappa shape index (κ3) is 4.44. The lowest BCUT2D eigenvalue weighted by Crippen LogP contribution is -2.46. The Morgan fingerprint density at radius 1 is 1.28 bits per heavy atom. The van der Waals surface area contributed by atoms with E-state index in [1.807, 2.05) is 39.0 Å². The fourth-order valence-electron chi connectivity index (χ4n) is 3.46. The molecule has 1 aromatic carbocycles. The third-order valence-corrected chi connectivity index (χ3v) is 4.56. The first-order valence-electron chi connectivity index (χ1n) is 8.75. The van der Waals surface area contributed by atoms with Gasteiger partial charge in [-0.2, -0.15) is 0 Å². The Morgan fingerprint density at radius 3 is 2.72 bits per heavy atom. The van der Waals surface area contributed by atoms with Crippen molar-refractivity contribution >= 4 is 11.8 Å². The normalized spacial score (nSPS) is 22.0. The van der Waals surface area contributed by atoms with E-state index in [1.165, 1.54) is 0 Å². The molecule has 2 heterocycles. The fourth-order valence-corrected chi connectivity index (χ4v) is 3.46. The minimum Gasteiger partial charge on any atom is -0.454 e. The number of carbonyl (C=O) groups excluding carboxylic acids is 2. The van der Waals surface area contributed by atoms with Crippen molar-refractivity contribution in [2.45, 2.75) is 64.0 Å². The maximum Gasteiger partial charge on any atom is 0.231 e. The lowest BCUT2D eigenvalue weighted by molar-refractivity contribution is -0.123. The van der Waals surface area contributed by atoms with Crippen LogP contribution in [0.2, 0.25) is 0 Å². The van der Waals surface area contributed by atoms with E-state index in [0.717, 1.165) is 23.5 Å². The summed E-state index contributed by atoms with van der Waals surface area (Å²) >= 11 is 0. The summed E-state index contributed by atoms with van der Waals surface area (Å²) in [6, 6.07) is 5.85. The van der Waals surface area contributed by atoms with Gasteiger partial charge in [-0.3, -0.25) is 9.59 Å². The maximum absolute atomic E-state index is 12.2. The smallest absolute Gasteiger partial charge is 0.231 e. The van der Waals surface area contributed by atoms with Crippen LogP contribution in [0, 0.1) is 0 Å². The molecule has 0 bridgehead atoms. The first-order valence-corrected chi connectivity index (χ1v) is 8.75. The summed E-state index contributed by atoms with van der Waals surface area (Å²) in [5.74, 6) is 1.55. The van der Waals surface area contributed by atoms with Crippen LogP contribution in [0.5, 0.6) is 11.5 Å². The third-order valence-electron chi connectivity index (χ3n) is 4.56. The van der Waals surface area contributed by atoms with Crippen molar-refractivity contribution in [1.29, 1.82) is 0 Å². The summed E-state index contributed by atoms with van der Waals surface area (Å²) in [6.45, 7) is 6.13. The summed E-state index contributed by atoms with van der Waals surface area (Å²) in [6.07, 6.45) is 2.93. The predicted molar refractivity (Wildman–Crippen MR) is 93.5 cm³/mol. The molecule has 136 valence electrons. The van der Waals surface area contributed by atoms with E-state index in [9.17, 15) is 9.59 Å². The second-order valence-electron chi connectivity index (χ2n) is 7.99. The molecule has 2 aliphatic heterocycles. The molecular weight excluding hydrogens is 320 g/mol. The van der Waals surface area contributed by atoms with Crippen molar-refractivity contribution in [2.24, 2.45) is 0 Å². The summed E-state index contributed by atoms with van der Waals surface area (Å²) < 4.78 is 10.8. The predicted octanol–water partition coefficient (Wildman–Crippen LogP) is 2.30. The number of carbonyl (C=O) groups is 2. The van der Waals surface area contributed by atoms with Crippen LogP contribution in [0.25, 0.3) is 0 Å². The molecule has 0 spiro atoms. The van der Waals surface area contributed by atoms with Gasteiger partial charge in [-0.25, -0.2) is 0 Å². The molecule has 1 fully saturated rings. The van der Waals surface area contributed by atoms with E-state index in [2.05, 4.69) is 10.6 Å². The lowest BCUT2D eigenvalue weighted by atomic mass is 9.84. The number of ether oxygens (including phenoxy) is 2. The molecule has 1 atom stereocenters. The molecule has 6 nitrogen and oxygen atoms in total. The molecule has 2 amide bonds. The average Bonchev–Trinajstić information content (AvgIpc) is 3.10. The Bertz CT molecular complexity index is 680. The molecule has 2 aliphatic rings. The highest BCUT2D eigenvalue weighted by atomic mass is 16.7. The number of hydrogen-bond acceptors (Lipinski definition) is 4. The van der Waals surface area contributed by atoms with Gasteiger partial charge >= 0.3 is 0 Å². The van der Waals surface area contributed by atoms with Crippen LogP contribution in [0.1, 0.15) is 52.0 Å². The van der Waals surface area contributed by atoms with Crippen LogP contribution in [0.15, 0.2) is 18.2 Å². The van der Waals surface area contributed by atoms with Crippen molar-refractivity contribution in [3.8, 4) is 11.5 Å². The Balaban J connectivity index is 1.69. The highest BCUT2D eigenvalue weighted by Crippen LogP contribution is 2.35. The summed E-state index contributed by atoms with van der Waals surface area (Å²) in [5.41, 5.74) is 0.447. The van der Waals surface area contributed by atoms with Gasteiger partial charge in [0, 0.05) is 23.9 Å². The zero-order valence-corrected chi connectivity index (χ0v) is 15.1. The Labute approximate surface area is 148 Å². The van der Waals surface area contributed by atoms with Gasteiger partial charge in [0.1, 0.15) is 0 Å². The second kappa shape index (κ2) is 6.58. The standard InChI is InChI=1S/C19H26N2O4/c1-18(2,3)20-16(22)6-8-19(9-7-17(23)21-19)11-13-4-5-14-15(10-13)25-12-24-14/h4-5,10H,6-9,11-12H2,1-3H3,(H,20,22)(H,21,23). The number of nitrogens with one attached hydrogen (secondary N) is 2. The van der Waals surface area contributed by atoms with Crippen LogP contribution in [-0.4, -0.2) is 29.7 Å². The van der Waals surface area contributed by atoms with E-state index >= 15 is 0 Å². The van der Waals surface area contributed by atoms with Crippen molar-refractivity contribution in [1.82, 2.24) is 10.6 Å². The van der Waals surface area contributed by atoms with Crippen molar-refractivity contribution in [3.05, 3.63) is 23.8 Å². The summed E-state index contributed by atoms with van der Waals surface area (Å²) in [7, 11) is 0. The lowest BCUT2D eigenvalue weighted by Gasteiger charge is -2.30. The Morgan fingerprint density at radius 2 is 2.04 bits per heavy atom. The van der Waals surface area contributed by atoms with Gasteiger partial charge in [-0.15, -0.1) is 0 Å². The number of fused-ring (bicyclic) bond motifs is 1. The highest BCUT2D eigenvalue weighted by Gasteiger charge is 2.38. The monoisotopic (exact) mass is 346 g/mol. The van der Waals surface area contributed by atoms with Crippen molar-refractivity contribution in [3.63, 3.8) is 0 Å². The van der Waals surface area contributed by atoms with E-state index in [0.29, 0.717) is 25.7 Å². The van der Waals surface area contributed by atoms with E-state index in [-0.39, 0.29) is 29.7 Å². The molecule has 1 aromatic rings. The van der Waals surface area contributed by atoms with Gasteiger partial charge in [0.2, 0.25) is 18.6 Å². The van der Waals surface area contributed by atoms with Crippen LogP contribution in [-0.2, 0) is 16.0 Å². The fraction of sp³-hybridized carbons (Fsp3) is 0.579. The molecule has 1 unspecified atom stereocenters. The van der Waals surface area contributed by atoms with Crippen LogP contribution < -0.4 is 20.1 Å². The number of rotatable bonds is 5.